The molecule has 1 aromatic carbocycles. The highest BCUT2D eigenvalue weighted by atomic mass is 32.2. The zero-order chi connectivity index (χ0) is 19.5. The maximum atomic E-state index is 12.4. The molecule has 2 rings (SSSR count). The predicted molar refractivity (Wildman–Crippen MR) is 99.3 cm³/mol. The Morgan fingerprint density at radius 2 is 1.92 bits per heavy atom. The molecule has 1 aliphatic rings. The van der Waals surface area contributed by atoms with Crippen molar-refractivity contribution in [3.8, 4) is 0 Å². The van der Waals surface area contributed by atoms with Crippen LogP contribution in [0.2, 0.25) is 0 Å². The molecule has 1 amide bonds. The molecule has 0 saturated carbocycles. The number of nitrogens with one attached hydrogen (secondary N) is 2. The number of nitrogens with zero attached hydrogens (tertiary/aromatic N) is 1. The first-order valence-corrected chi connectivity index (χ1v) is 11.6. The van der Waals surface area contributed by atoms with Crippen LogP contribution < -0.4 is 10.0 Å². The van der Waals surface area contributed by atoms with Crippen molar-refractivity contribution < 1.29 is 21.6 Å². The smallest absolute Gasteiger partial charge is 0.263 e. The second kappa shape index (κ2) is 7.75. The number of carbonyl (C=O) groups excluding carboxylic acids is 1. The van der Waals surface area contributed by atoms with Crippen molar-refractivity contribution >= 4 is 31.6 Å². The highest BCUT2D eigenvalue weighted by Gasteiger charge is 2.32. The summed E-state index contributed by atoms with van der Waals surface area (Å²) in [6.07, 6.45) is 0. The summed E-state index contributed by atoms with van der Waals surface area (Å²) in [7, 11) is -6.86. The molecule has 1 atom stereocenters. The van der Waals surface area contributed by atoms with Gasteiger partial charge in [-0.3, -0.25) is 14.5 Å². The predicted octanol–water partition coefficient (Wildman–Crippen LogP) is 0.301. The van der Waals surface area contributed by atoms with Crippen molar-refractivity contribution in [1.82, 2.24) is 10.0 Å². The lowest BCUT2D eigenvalue weighted by Crippen LogP contribution is -2.40. The standard InChI is InChI=1S/C16H23N3O5S2/c1-4-25(21,22)10-9-17-16(20)14(11(2)3)18-15-12-7-5-6-8-13(12)26(23,24)19-15/h5-8,11,14H,4,9-10H2,1-3H3,(H,17,20)(H,18,19)/t14-/m0/s1. The number of fused-ring (bicyclic) bond motifs is 1. The number of sulfonamides is 1. The lowest BCUT2D eigenvalue weighted by Gasteiger charge is -2.17. The summed E-state index contributed by atoms with van der Waals surface area (Å²) in [6, 6.07) is 5.55. The Morgan fingerprint density at radius 3 is 2.54 bits per heavy atom. The maximum Gasteiger partial charge on any atom is 0.263 e. The van der Waals surface area contributed by atoms with Crippen LogP contribution in [0.1, 0.15) is 26.3 Å². The van der Waals surface area contributed by atoms with E-state index >= 15 is 0 Å². The Hall–Kier alpha value is -1.94. The Balaban J connectivity index is 2.21. The second-order valence-corrected chi connectivity index (χ2v) is 10.4. The van der Waals surface area contributed by atoms with Crippen molar-refractivity contribution in [3.63, 3.8) is 0 Å². The van der Waals surface area contributed by atoms with Crippen molar-refractivity contribution in [1.29, 1.82) is 0 Å². The fraction of sp³-hybridized carbons (Fsp3) is 0.500. The van der Waals surface area contributed by atoms with E-state index in [0.29, 0.717) is 5.56 Å². The third kappa shape index (κ3) is 4.61. The molecule has 0 aromatic heterocycles. The van der Waals surface area contributed by atoms with E-state index in [-0.39, 0.29) is 34.7 Å². The largest absolute Gasteiger partial charge is 0.353 e. The van der Waals surface area contributed by atoms with Crippen LogP contribution in [0.3, 0.4) is 0 Å². The molecule has 0 unspecified atom stereocenters. The van der Waals surface area contributed by atoms with Crippen LogP contribution >= 0.6 is 0 Å². The van der Waals surface area contributed by atoms with Gasteiger partial charge in [0.05, 0.1) is 10.6 Å². The Labute approximate surface area is 154 Å². The summed E-state index contributed by atoms with van der Waals surface area (Å²) < 4.78 is 49.7. The van der Waals surface area contributed by atoms with E-state index in [9.17, 15) is 21.6 Å². The zero-order valence-corrected chi connectivity index (χ0v) is 16.5. The van der Waals surface area contributed by atoms with Crippen LogP contribution in [0.25, 0.3) is 0 Å². The fourth-order valence-corrected chi connectivity index (χ4v) is 4.40. The first-order valence-electron chi connectivity index (χ1n) is 8.25. The first kappa shape index (κ1) is 20.4. The van der Waals surface area contributed by atoms with E-state index in [0.717, 1.165) is 0 Å². The molecule has 10 heteroatoms. The van der Waals surface area contributed by atoms with E-state index in [2.05, 4.69) is 15.0 Å². The molecule has 0 radical (unpaired) electrons. The summed E-state index contributed by atoms with van der Waals surface area (Å²) in [6.45, 7) is 5.11. The first-order chi connectivity index (χ1) is 12.1. The number of carbonyl (C=O) groups is 1. The number of rotatable bonds is 7. The number of amidine groups is 1. The van der Waals surface area contributed by atoms with Crippen molar-refractivity contribution in [3.05, 3.63) is 29.8 Å². The molecule has 0 saturated heterocycles. The van der Waals surface area contributed by atoms with Gasteiger partial charge in [-0.15, -0.1) is 0 Å². The van der Waals surface area contributed by atoms with Gasteiger partial charge in [0, 0.05) is 17.9 Å². The number of amides is 1. The molecule has 8 nitrogen and oxygen atoms in total. The minimum atomic E-state index is -3.68. The van der Waals surface area contributed by atoms with Gasteiger partial charge in [0.15, 0.2) is 9.84 Å². The molecule has 0 aliphatic carbocycles. The topological polar surface area (TPSA) is 122 Å². The van der Waals surface area contributed by atoms with Gasteiger partial charge in [-0.05, 0) is 18.1 Å². The Kier molecular flexibility index (Phi) is 6.07. The second-order valence-electron chi connectivity index (χ2n) is 6.30. The summed E-state index contributed by atoms with van der Waals surface area (Å²) >= 11 is 0. The van der Waals surface area contributed by atoms with Gasteiger partial charge in [-0.25, -0.2) is 16.8 Å². The van der Waals surface area contributed by atoms with Gasteiger partial charge in [0.25, 0.3) is 10.0 Å². The van der Waals surface area contributed by atoms with E-state index in [1.807, 2.05) is 0 Å². The molecule has 0 spiro atoms. The molecule has 1 aliphatic heterocycles. The molecular formula is C16H23N3O5S2. The molecule has 0 fully saturated rings. The summed E-state index contributed by atoms with van der Waals surface area (Å²) in [4.78, 5) is 16.9. The Bertz CT molecular complexity index is 921. The van der Waals surface area contributed by atoms with Gasteiger partial charge in [0.2, 0.25) is 5.91 Å². The summed E-state index contributed by atoms with van der Waals surface area (Å²) in [5.74, 6) is -0.663. The van der Waals surface area contributed by atoms with E-state index in [4.69, 9.17) is 0 Å². The molecule has 1 heterocycles. The lowest BCUT2D eigenvalue weighted by molar-refractivity contribution is -0.123. The summed E-state index contributed by atoms with van der Waals surface area (Å²) in [5.41, 5.74) is 0.416. The maximum absolute atomic E-state index is 12.4. The number of hydrogen-bond donors (Lipinski definition) is 2. The number of sulfone groups is 1. The molecular weight excluding hydrogens is 378 g/mol. The lowest BCUT2D eigenvalue weighted by atomic mass is 10.0. The zero-order valence-electron chi connectivity index (χ0n) is 14.9. The van der Waals surface area contributed by atoms with Gasteiger partial charge in [0.1, 0.15) is 11.9 Å². The summed E-state index contributed by atoms with van der Waals surface area (Å²) in [5, 5.41) is 2.57. The van der Waals surface area contributed by atoms with Crippen LogP contribution in [-0.2, 0) is 24.7 Å². The van der Waals surface area contributed by atoms with Crippen molar-refractivity contribution in [2.24, 2.45) is 10.9 Å². The van der Waals surface area contributed by atoms with Crippen LogP contribution in [0.15, 0.2) is 34.2 Å². The minimum Gasteiger partial charge on any atom is -0.353 e. The quantitative estimate of drug-likeness (QED) is 0.680. The molecule has 1 aromatic rings. The minimum absolute atomic E-state index is 0.00854. The average Bonchev–Trinajstić information content (AvgIpc) is 2.83. The van der Waals surface area contributed by atoms with Gasteiger partial charge in [-0.2, -0.15) is 0 Å². The molecule has 0 bridgehead atoms. The van der Waals surface area contributed by atoms with Gasteiger partial charge in [-0.1, -0.05) is 32.9 Å². The third-order valence-corrected chi connectivity index (χ3v) is 7.09. The van der Waals surface area contributed by atoms with E-state index < -0.39 is 31.8 Å². The van der Waals surface area contributed by atoms with Crippen molar-refractivity contribution in [2.45, 2.75) is 31.7 Å². The Morgan fingerprint density at radius 1 is 1.27 bits per heavy atom. The molecule has 2 N–H and O–H groups in total. The molecule has 144 valence electrons. The number of aliphatic imine (C=N–C) groups is 1. The number of hydrogen-bond acceptors (Lipinski definition) is 6. The number of benzene rings is 1. The van der Waals surface area contributed by atoms with Gasteiger partial charge < -0.3 is 5.32 Å². The monoisotopic (exact) mass is 401 g/mol. The fourth-order valence-electron chi connectivity index (χ4n) is 2.46. The highest BCUT2D eigenvalue weighted by Crippen LogP contribution is 2.23. The van der Waals surface area contributed by atoms with Crippen LogP contribution in [0, 0.1) is 5.92 Å². The van der Waals surface area contributed by atoms with Crippen LogP contribution in [0.5, 0.6) is 0 Å². The third-order valence-electron chi connectivity index (χ3n) is 3.98. The molecule has 26 heavy (non-hydrogen) atoms. The van der Waals surface area contributed by atoms with E-state index in [1.54, 1.807) is 39.0 Å². The van der Waals surface area contributed by atoms with Crippen LogP contribution in [-0.4, -0.2) is 52.7 Å². The van der Waals surface area contributed by atoms with Gasteiger partial charge >= 0.3 is 0 Å². The van der Waals surface area contributed by atoms with E-state index in [1.165, 1.54) is 6.07 Å². The highest BCUT2D eigenvalue weighted by molar-refractivity contribution is 7.91. The normalized spacial score (nSPS) is 18.4. The van der Waals surface area contributed by atoms with Crippen molar-refractivity contribution in [2.75, 3.05) is 18.1 Å². The van der Waals surface area contributed by atoms with Crippen LogP contribution in [0.4, 0.5) is 0 Å². The average molecular weight is 402 g/mol. The SMILES string of the molecule is CCS(=O)(=O)CCNC(=O)[C@@H](N=C1NS(=O)(=O)c2ccccc21)C(C)C.